The highest BCUT2D eigenvalue weighted by Gasteiger charge is 2.23. The molecule has 0 spiro atoms. The number of aryl methyl sites for hydroxylation is 2. The van der Waals surface area contributed by atoms with Gasteiger partial charge in [0.05, 0.1) is 6.61 Å². The number of piperazine rings is 1. The quantitative estimate of drug-likeness (QED) is 0.852. The van der Waals surface area contributed by atoms with Crippen molar-refractivity contribution in [3.8, 4) is 5.88 Å². The molecule has 2 amide bonds. The smallest absolute Gasteiger partial charge is 0.321 e. The Labute approximate surface area is 164 Å². The molecule has 3 rings (SSSR count). The lowest BCUT2D eigenvalue weighted by molar-refractivity contribution is 0.208. The molecule has 1 saturated heterocycles. The Morgan fingerprint density at radius 1 is 1.18 bits per heavy atom. The summed E-state index contributed by atoms with van der Waals surface area (Å²) in [4.78, 5) is 25.1. The molecule has 0 aliphatic carbocycles. The minimum absolute atomic E-state index is 0.228. The van der Waals surface area contributed by atoms with Gasteiger partial charge in [0, 0.05) is 37.9 Å². The number of nitrogens with one attached hydrogen (secondary N) is 1. The summed E-state index contributed by atoms with van der Waals surface area (Å²) in [6, 6.07) is 6.30. The summed E-state index contributed by atoms with van der Waals surface area (Å²) in [7, 11) is 0. The van der Waals surface area contributed by atoms with Crippen LogP contribution in [0.15, 0.2) is 24.3 Å². The first kappa shape index (κ1) is 19.9. The lowest BCUT2D eigenvalue weighted by Gasteiger charge is -2.35. The maximum Gasteiger partial charge on any atom is 0.321 e. The molecule has 2 heterocycles. The van der Waals surface area contributed by atoms with Crippen LogP contribution in [0.1, 0.15) is 24.7 Å². The van der Waals surface area contributed by atoms with E-state index in [4.69, 9.17) is 4.74 Å². The Morgan fingerprint density at radius 2 is 1.93 bits per heavy atom. The van der Waals surface area contributed by atoms with Crippen LogP contribution >= 0.6 is 0 Å². The summed E-state index contributed by atoms with van der Waals surface area (Å²) in [5.74, 6) is 1.71. The van der Waals surface area contributed by atoms with Gasteiger partial charge in [0.15, 0.2) is 0 Å². The molecule has 0 radical (unpaired) electrons. The van der Waals surface area contributed by atoms with Crippen LogP contribution in [-0.4, -0.2) is 53.7 Å². The maximum absolute atomic E-state index is 13.7. The van der Waals surface area contributed by atoms with Gasteiger partial charge >= 0.3 is 6.03 Å². The third-order valence-electron chi connectivity index (χ3n) is 4.57. The Kier molecular flexibility index (Phi) is 6.28. The topological polar surface area (TPSA) is 70.6 Å². The van der Waals surface area contributed by atoms with Gasteiger partial charge in [0.25, 0.3) is 0 Å². The molecule has 1 aliphatic heterocycles. The first-order valence-corrected chi connectivity index (χ1v) is 9.51. The van der Waals surface area contributed by atoms with Crippen LogP contribution in [-0.2, 0) is 0 Å². The zero-order chi connectivity index (χ0) is 20.1. The minimum atomic E-state index is -0.331. The number of urea groups is 1. The van der Waals surface area contributed by atoms with E-state index in [2.05, 4.69) is 20.2 Å². The van der Waals surface area contributed by atoms with Crippen molar-refractivity contribution in [1.29, 1.82) is 0 Å². The number of nitrogens with zero attached hydrogens (tertiary/aromatic N) is 4. The molecular formula is C20H26FN5O2. The van der Waals surface area contributed by atoms with Crippen LogP contribution in [0.5, 0.6) is 5.88 Å². The van der Waals surface area contributed by atoms with E-state index in [0.717, 1.165) is 12.2 Å². The molecule has 0 saturated carbocycles. The van der Waals surface area contributed by atoms with Gasteiger partial charge in [0.2, 0.25) is 5.88 Å². The summed E-state index contributed by atoms with van der Waals surface area (Å²) in [5, 5.41) is 2.76. The van der Waals surface area contributed by atoms with Crippen LogP contribution in [0.25, 0.3) is 0 Å². The van der Waals surface area contributed by atoms with E-state index in [-0.39, 0.29) is 11.8 Å². The number of aromatic nitrogens is 2. The van der Waals surface area contributed by atoms with Crippen LogP contribution in [0.4, 0.5) is 20.7 Å². The summed E-state index contributed by atoms with van der Waals surface area (Å²) < 4.78 is 19.3. The summed E-state index contributed by atoms with van der Waals surface area (Å²) in [5.41, 5.74) is 1.01. The van der Waals surface area contributed by atoms with Crippen molar-refractivity contribution >= 4 is 17.5 Å². The van der Waals surface area contributed by atoms with Crippen molar-refractivity contribution in [1.82, 2.24) is 14.9 Å². The first-order valence-electron chi connectivity index (χ1n) is 9.51. The van der Waals surface area contributed by atoms with Crippen LogP contribution in [0, 0.1) is 19.7 Å². The van der Waals surface area contributed by atoms with Crippen LogP contribution in [0.2, 0.25) is 0 Å². The molecule has 2 aromatic rings. The Hall–Kier alpha value is -2.90. The van der Waals surface area contributed by atoms with Gasteiger partial charge in [-0.25, -0.2) is 14.2 Å². The molecule has 28 heavy (non-hydrogen) atoms. The molecular weight excluding hydrogens is 361 g/mol. The van der Waals surface area contributed by atoms with Gasteiger partial charge < -0.3 is 19.9 Å². The van der Waals surface area contributed by atoms with Gasteiger partial charge in [-0.05, 0) is 38.0 Å². The Balaban J connectivity index is 1.58. The number of carbonyl (C=O) groups is 1. The standard InChI is InChI=1S/C20H26FN5O2/c1-4-11-28-19-13-18(22-15(3)23-19)25-7-9-26(10-8-25)20(27)24-16-6-5-14(2)17(21)12-16/h5-6,12-13H,4,7-11H2,1-3H3,(H,24,27). The number of rotatable bonds is 5. The second-order valence-corrected chi connectivity index (χ2v) is 6.83. The normalized spacial score (nSPS) is 14.1. The molecule has 150 valence electrons. The highest BCUT2D eigenvalue weighted by Crippen LogP contribution is 2.20. The number of amides is 2. The van der Waals surface area contributed by atoms with E-state index >= 15 is 0 Å². The van der Waals surface area contributed by atoms with Crippen LogP contribution in [0.3, 0.4) is 0 Å². The SMILES string of the molecule is CCCOc1cc(N2CCN(C(=O)Nc3ccc(C)c(F)c3)CC2)nc(C)n1. The average Bonchev–Trinajstić information content (AvgIpc) is 2.69. The first-order chi connectivity index (χ1) is 13.5. The minimum Gasteiger partial charge on any atom is -0.478 e. The zero-order valence-electron chi connectivity index (χ0n) is 16.5. The molecule has 0 bridgehead atoms. The number of benzene rings is 1. The van der Waals surface area contributed by atoms with E-state index in [0.29, 0.717) is 55.7 Å². The van der Waals surface area contributed by atoms with Gasteiger partial charge in [0.1, 0.15) is 17.5 Å². The van der Waals surface area contributed by atoms with Gasteiger partial charge in [-0.3, -0.25) is 0 Å². The Bertz CT molecular complexity index is 837. The number of carbonyl (C=O) groups excluding carboxylic acids is 1. The van der Waals surface area contributed by atoms with E-state index in [9.17, 15) is 9.18 Å². The summed E-state index contributed by atoms with van der Waals surface area (Å²) in [6.45, 7) is 8.59. The molecule has 1 aromatic carbocycles. The molecule has 1 N–H and O–H groups in total. The second kappa shape index (κ2) is 8.86. The molecule has 1 aromatic heterocycles. The van der Waals surface area contributed by atoms with Gasteiger partial charge in [-0.15, -0.1) is 0 Å². The van der Waals surface area contributed by atoms with Crippen molar-refractivity contribution in [2.75, 3.05) is 43.0 Å². The summed E-state index contributed by atoms with van der Waals surface area (Å²) in [6.07, 6.45) is 0.914. The fourth-order valence-corrected chi connectivity index (χ4v) is 2.98. The number of hydrogen-bond acceptors (Lipinski definition) is 5. The Morgan fingerprint density at radius 3 is 2.61 bits per heavy atom. The fraction of sp³-hybridized carbons (Fsp3) is 0.450. The number of halogens is 1. The predicted molar refractivity (Wildman–Crippen MR) is 106 cm³/mol. The third-order valence-corrected chi connectivity index (χ3v) is 4.57. The summed E-state index contributed by atoms with van der Waals surface area (Å²) >= 11 is 0. The van der Waals surface area contributed by atoms with E-state index < -0.39 is 0 Å². The van der Waals surface area contributed by atoms with Gasteiger partial charge in [-0.2, -0.15) is 4.98 Å². The van der Waals surface area contributed by atoms with Crippen LogP contribution < -0.4 is 15.0 Å². The number of ether oxygens (including phenoxy) is 1. The van der Waals surface area contributed by atoms with Crippen molar-refractivity contribution in [3.63, 3.8) is 0 Å². The lowest BCUT2D eigenvalue weighted by atomic mass is 10.2. The van der Waals surface area contributed by atoms with Crippen molar-refractivity contribution in [2.45, 2.75) is 27.2 Å². The largest absolute Gasteiger partial charge is 0.478 e. The number of hydrogen-bond donors (Lipinski definition) is 1. The third kappa shape index (κ3) is 4.88. The highest BCUT2D eigenvalue weighted by molar-refractivity contribution is 5.89. The van der Waals surface area contributed by atoms with E-state index in [1.165, 1.54) is 6.07 Å². The molecule has 0 unspecified atom stereocenters. The van der Waals surface area contributed by atoms with Crippen molar-refractivity contribution < 1.29 is 13.9 Å². The fourth-order valence-electron chi connectivity index (χ4n) is 2.98. The zero-order valence-corrected chi connectivity index (χ0v) is 16.5. The molecule has 1 aliphatic rings. The number of anilines is 2. The van der Waals surface area contributed by atoms with Gasteiger partial charge in [-0.1, -0.05) is 13.0 Å². The molecule has 0 atom stereocenters. The molecule has 7 nitrogen and oxygen atoms in total. The maximum atomic E-state index is 13.7. The molecule has 8 heteroatoms. The van der Waals surface area contributed by atoms with Crippen molar-refractivity contribution in [2.24, 2.45) is 0 Å². The average molecular weight is 387 g/mol. The second-order valence-electron chi connectivity index (χ2n) is 6.83. The van der Waals surface area contributed by atoms with Crippen molar-refractivity contribution in [3.05, 3.63) is 41.5 Å². The lowest BCUT2D eigenvalue weighted by Crippen LogP contribution is -2.50. The predicted octanol–water partition coefficient (Wildman–Crippen LogP) is 3.38. The monoisotopic (exact) mass is 387 g/mol. The van der Waals surface area contributed by atoms with E-state index in [1.54, 1.807) is 24.0 Å². The highest BCUT2D eigenvalue weighted by atomic mass is 19.1. The van der Waals surface area contributed by atoms with E-state index in [1.807, 2.05) is 19.9 Å². The molecule has 1 fully saturated rings.